The number of hydrogen-bond acceptors (Lipinski definition) is 3. The van der Waals surface area contributed by atoms with Crippen LogP contribution < -0.4 is 5.32 Å². The monoisotopic (exact) mass is 273 g/mol. The number of nitrogens with zero attached hydrogens (tertiary/aromatic N) is 2. The fraction of sp³-hybridized carbons (Fsp3) is 0.111. The molecule has 0 saturated heterocycles. The lowest BCUT2D eigenvalue weighted by molar-refractivity contribution is 0.902. The van der Waals surface area contributed by atoms with Gasteiger partial charge in [0, 0.05) is 29.0 Å². The van der Waals surface area contributed by atoms with Crippen LogP contribution in [0.3, 0.4) is 0 Å². The molecular formula is C18H15N3. The molecule has 1 aromatic heterocycles. The minimum Gasteiger partial charge on any atom is -0.382 e. The molecule has 0 saturated carbocycles. The van der Waals surface area contributed by atoms with Crippen LogP contribution in [0.1, 0.15) is 12.5 Å². The summed E-state index contributed by atoms with van der Waals surface area (Å²) in [4.78, 5) is 9.23. The Morgan fingerprint density at radius 1 is 1.05 bits per heavy atom. The van der Waals surface area contributed by atoms with Gasteiger partial charge >= 0.3 is 0 Å². The molecule has 0 radical (unpaired) electrons. The normalized spacial score (nSPS) is 14.7. The standard InChI is InChI=1S/C18H15N3/c1-12-10-21-16(11-20-12)17-15-7-3-2-5-13(15)9-14-6-4-8-19-18(14)17/h2-10,20H,11H2,1H3. The summed E-state index contributed by atoms with van der Waals surface area (Å²) in [5.74, 6) is 0. The van der Waals surface area contributed by atoms with Crippen LogP contribution in [0, 0.1) is 0 Å². The molecule has 3 heteroatoms. The van der Waals surface area contributed by atoms with E-state index in [2.05, 4.69) is 51.7 Å². The number of allylic oxidation sites excluding steroid dienone is 1. The lowest BCUT2D eigenvalue weighted by Gasteiger charge is -2.17. The third-order valence-corrected chi connectivity index (χ3v) is 3.85. The number of fused-ring (bicyclic) bond motifs is 2. The van der Waals surface area contributed by atoms with Gasteiger partial charge in [0.2, 0.25) is 0 Å². The lowest BCUT2D eigenvalue weighted by Crippen LogP contribution is -2.25. The molecule has 4 rings (SSSR count). The molecule has 0 atom stereocenters. The van der Waals surface area contributed by atoms with Crippen molar-refractivity contribution in [1.29, 1.82) is 0 Å². The minimum atomic E-state index is 0.738. The Morgan fingerprint density at radius 2 is 1.90 bits per heavy atom. The van der Waals surface area contributed by atoms with Gasteiger partial charge in [0.25, 0.3) is 0 Å². The number of benzene rings is 2. The van der Waals surface area contributed by atoms with Gasteiger partial charge in [-0.25, -0.2) is 0 Å². The van der Waals surface area contributed by atoms with E-state index in [1.54, 1.807) is 0 Å². The van der Waals surface area contributed by atoms with Crippen LogP contribution in [0.4, 0.5) is 0 Å². The first kappa shape index (κ1) is 12.1. The molecule has 21 heavy (non-hydrogen) atoms. The van der Waals surface area contributed by atoms with Crippen LogP contribution in [0.15, 0.2) is 65.6 Å². The second-order valence-electron chi connectivity index (χ2n) is 5.29. The van der Waals surface area contributed by atoms with Crippen LogP contribution in [0.2, 0.25) is 0 Å². The van der Waals surface area contributed by atoms with E-state index in [1.165, 1.54) is 10.8 Å². The Labute approximate surface area is 123 Å². The molecule has 1 aliphatic rings. The van der Waals surface area contributed by atoms with Gasteiger partial charge in [0.1, 0.15) is 0 Å². The van der Waals surface area contributed by atoms with Gasteiger partial charge in [-0.05, 0) is 29.8 Å². The average Bonchev–Trinajstić information content (AvgIpc) is 2.53. The summed E-state index contributed by atoms with van der Waals surface area (Å²) in [6, 6.07) is 14.7. The van der Waals surface area contributed by atoms with Crippen LogP contribution >= 0.6 is 0 Å². The number of pyridine rings is 1. The van der Waals surface area contributed by atoms with E-state index in [4.69, 9.17) is 0 Å². The molecule has 3 nitrogen and oxygen atoms in total. The molecule has 0 aliphatic carbocycles. The number of nitrogens with one attached hydrogen (secondary N) is 1. The summed E-state index contributed by atoms with van der Waals surface area (Å²) < 4.78 is 0. The Balaban J connectivity index is 2.12. The smallest absolute Gasteiger partial charge is 0.0799 e. The minimum absolute atomic E-state index is 0.738. The molecule has 2 aromatic carbocycles. The van der Waals surface area contributed by atoms with Crippen molar-refractivity contribution in [2.24, 2.45) is 4.99 Å². The Hall–Kier alpha value is -2.68. The van der Waals surface area contributed by atoms with Crippen LogP contribution in [0.5, 0.6) is 0 Å². The van der Waals surface area contributed by atoms with Gasteiger partial charge in [-0.1, -0.05) is 30.3 Å². The number of rotatable bonds is 1. The predicted molar refractivity (Wildman–Crippen MR) is 87.5 cm³/mol. The topological polar surface area (TPSA) is 37.3 Å². The molecule has 1 N–H and O–H groups in total. The predicted octanol–water partition coefficient (Wildman–Crippen LogP) is 3.64. The van der Waals surface area contributed by atoms with Crippen molar-refractivity contribution in [2.75, 3.05) is 6.54 Å². The highest BCUT2D eigenvalue weighted by atomic mass is 15.0. The zero-order valence-corrected chi connectivity index (χ0v) is 11.8. The molecule has 0 bridgehead atoms. The molecule has 0 fully saturated rings. The summed E-state index contributed by atoms with van der Waals surface area (Å²) in [6.07, 6.45) is 3.73. The number of aliphatic imine (C=N–C) groups is 1. The van der Waals surface area contributed by atoms with E-state index in [1.807, 2.05) is 25.4 Å². The third-order valence-electron chi connectivity index (χ3n) is 3.85. The molecule has 0 unspecified atom stereocenters. The molecular weight excluding hydrogens is 258 g/mol. The van der Waals surface area contributed by atoms with Gasteiger partial charge < -0.3 is 5.32 Å². The van der Waals surface area contributed by atoms with E-state index in [0.717, 1.165) is 34.4 Å². The summed E-state index contributed by atoms with van der Waals surface area (Å²) in [5.41, 5.74) is 4.29. The quantitative estimate of drug-likeness (QED) is 0.687. The van der Waals surface area contributed by atoms with Crippen molar-refractivity contribution in [2.45, 2.75) is 6.92 Å². The SMILES string of the molecule is CC1=CN=C(c2c3ccccc3cc3cccnc23)CN1. The van der Waals surface area contributed by atoms with E-state index in [0.29, 0.717) is 0 Å². The summed E-state index contributed by atoms with van der Waals surface area (Å²) in [6.45, 7) is 2.77. The molecule has 0 amide bonds. The number of hydrogen-bond donors (Lipinski definition) is 1. The highest BCUT2D eigenvalue weighted by molar-refractivity contribution is 6.20. The molecule has 2 heterocycles. The number of aromatic nitrogens is 1. The highest BCUT2D eigenvalue weighted by Crippen LogP contribution is 2.28. The molecule has 3 aromatic rings. The van der Waals surface area contributed by atoms with Gasteiger partial charge in [-0.15, -0.1) is 0 Å². The van der Waals surface area contributed by atoms with E-state index in [9.17, 15) is 0 Å². The van der Waals surface area contributed by atoms with Gasteiger partial charge in [-0.3, -0.25) is 9.98 Å². The second-order valence-corrected chi connectivity index (χ2v) is 5.29. The zero-order valence-electron chi connectivity index (χ0n) is 11.8. The largest absolute Gasteiger partial charge is 0.382 e. The van der Waals surface area contributed by atoms with Crippen molar-refractivity contribution in [1.82, 2.24) is 10.3 Å². The molecule has 0 spiro atoms. The first-order valence-corrected chi connectivity index (χ1v) is 7.07. The maximum atomic E-state index is 4.63. The van der Waals surface area contributed by atoms with E-state index < -0.39 is 0 Å². The third kappa shape index (κ3) is 1.98. The summed E-state index contributed by atoms with van der Waals surface area (Å²) >= 11 is 0. The zero-order chi connectivity index (χ0) is 14.2. The maximum absolute atomic E-state index is 4.63. The fourth-order valence-electron chi connectivity index (χ4n) is 2.82. The maximum Gasteiger partial charge on any atom is 0.0799 e. The Morgan fingerprint density at radius 3 is 2.76 bits per heavy atom. The second kappa shape index (κ2) is 4.70. The van der Waals surface area contributed by atoms with Gasteiger partial charge in [0.05, 0.1) is 17.8 Å². The van der Waals surface area contributed by atoms with Crippen molar-refractivity contribution in [3.63, 3.8) is 0 Å². The average molecular weight is 273 g/mol. The van der Waals surface area contributed by atoms with Crippen LogP contribution in [-0.2, 0) is 0 Å². The van der Waals surface area contributed by atoms with Crippen LogP contribution in [0.25, 0.3) is 21.7 Å². The summed E-state index contributed by atoms with van der Waals surface area (Å²) in [7, 11) is 0. The van der Waals surface area contributed by atoms with Crippen molar-refractivity contribution >= 4 is 27.4 Å². The lowest BCUT2D eigenvalue weighted by atomic mass is 9.96. The molecule has 102 valence electrons. The van der Waals surface area contributed by atoms with Gasteiger partial charge in [0.15, 0.2) is 0 Å². The van der Waals surface area contributed by atoms with Crippen molar-refractivity contribution in [3.05, 3.63) is 66.1 Å². The fourth-order valence-corrected chi connectivity index (χ4v) is 2.82. The van der Waals surface area contributed by atoms with E-state index >= 15 is 0 Å². The molecule has 1 aliphatic heterocycles. The first-order chi connectivity index (χ1) is 10.3. The summed E-state index contributed by atoms with van der Waals surface area (Å²) in [5, 5.41) is 6.95. The first-order valence-electron chi connectivity index (χ1n) is 7.07. The van der Waals surface area contributed by atoms with E-state index in [-0.39, 0.29) is 0 Å². The van der Waals surface area contributed by atoms with Gasteiger partial charge in [-0.2, -0.15) is 0 Å². The Kier molecular flexibility index (Phi) is 2.71. The highest BCUT2D eigenvalue weighted by Gasteiger charge is 2.15. The van der Waals surface area contributed by atoms with Crippen molar-refractivity contribution < 1.29 is 0 Å². The Bertz CT molecular complexity index is 853. The van der Waals surface area contributed by atoms with Crippen LogP contribution in [-0.4, -0.2) is 17.2 Å². The van der Waals surface area contributed by atoms with Crippen molar-refractivity contribution in [3.8, 4) is 0 Å².